The van der Waals surface area contributed by atoms with Crippen molar-refractivity contribution in [2.45, 2.75) is 13.0 Å². The van der Waals surface area contributed by atoms with E-state index in [1.807, 2.05) is 18.2 Å². The first kappa shape index (κ1) is 12.8. The van der Waals surface area contributed by atoms with Crippen LogP contribution in [0.1, 0.15) is 6.92 Å². The van der Waals surface area contributed by atoms with Gasteiger partial charge in [-0.1, -0.05) is 18.2 Å². The molecule has 0 radical (unpaired) electrons. The molecule has 2 rings (SSSR count). The number of rotatable bonds is 4. The highest BCUT2D eigenvalue weighted by molar-refractivity contribution is 5.46. The van der Waals surface area contributed by atoms with E-state index < -0.39 is 6.04 Å². The fourth-order valence-corrected chi connectivity index (χ4v) is 2.27. The number of benzene rings is 1. The van der Waals surface area contributed by atoms with Gasteiger partial charge in [-0.15, -0.1) is 0 Å². The minimum absolute atomic E-state index is 0.205. The number of nitrogens with zero attached hydrogens (tertiary/aromatic N) is 3. The van der Waals surface area contributed by atoms with Crippen LogP contribution in [-0.4, -0.2) is 48.6 Å². The van der Waals surface area contributed by atoms with Crippen LogP contribution in [0, 0.1) is 10.1 Å². The van der Waals surface area contributed by atoms with Crippen LogP contribution in [0.15, 0.2) is 30.3 Å². The lowest BCUT2D eigenvalue weighted by Gasteiger charge is -2.36. The molecule has 0 N–H and O–H groups in total. The maximum atomic E-state index is 10.6. The summed E-state index contributed by atoms with van der Waals surface area (Å²) in [4.78, 5) is 14.9. The van der Waals surface area contributed by atoms with Crippen molar-refractivity contribution >= 4 is 5.69 Å². The van der Waals surface area contributed by atoms with Crippen molar-refractivity contribution in [3.8, 4) is 0 Å². The summed E-state index contributed by atoms with van der Waals surface area (Å²) in [5.41, 5.74) is 1.24. The first-order chi connectivity index (χ1) is 8.66. The molecule has 98 valence electrons. The predicted molar refractivity (Wildman–Crippen MR) is 71.6 cm³/mol. The van der Waals surface area contributed by atoms with E-state index in [4.69, 9.17) is 0 Å². The highest BCUT2D eigenvalue weighted by Gasteiger charge is 2.22. The zero-order valence-electron chi connectivity index (χ0n) is 10.7. The van der Waals surface area contributed by atoms with E-state index in [1.165, 1.54) is 5.69 Å². The molecule has 0 amide bonds. The number of hydrogen-bond acceptors (Lipinski definition) is 4. The van der Waals surface area contributed by atoms with Gasteiger partial charge in [0.25, 0.3) is 0 Å². The standard InChI is InChI=1S/C13H19N3O2/c1-12(16(17)18)11-14-7-9-15(10-8-14)13-5-3-2-4-6-13/h2-6,12H,7-11H2,1H3. The quantitative estimate of drug-likeness (QED) is 0.599. The fourth-order valence-electron chi connectivity index (χ4n) is 2.27. The minimum Gasteiger partial charge on any atom is -0.369 e. The summed E-state index contributed by atoms with van der Waals surface area (Å²) in [6, 6.07) is 9.82. The Morgan fingerprint density at radius 3 is 2.39 bits per heavy atom. The highest BCUT2D eigenvalue weighted by atomic mass is 16.6. The van der Waals surface area contributed by atoms with E-state index in [9.17, 15) is 10.1 Å². The summed E-state index contributed by atoms with van der Waals surface area (Å²) in [6.45, 7) is 5.89. The average molecular weight is 249 g/mol. The molecule has 1 heterocycles. The van der Waals surface area contributed by atoms with Crippen LogP contribution >= 0.6 is 0 Å². The molecule has 5 heteroatoms. The van der Waals surface area contributed by atoms with Gasteiger partial charge in [0, 0.05) is 43.7 Å². The third kappa shape index (κ3) is 3.20. The van der Waals surface area contributed by atoms with Crippen LogP contribution in [0.2, 0.25) is 0 Å². The Balaban J connectivity index is 1.83. The summed E-state index contributed by atoms with van der Waals surface area (Å²) in [5.74, 6) is 0. The first-order valence-corrected chi connectivity index (χ1v) is 6.32. The lowest BCUT2D eigenvalue weighted by atomic mass is 10.2. The topological polar surface area (TPSA) is 49.6 Å². The zero-order valence-corrected chi connectivity index (χ0v) is 10.7. The van der Waals surface area contributed by atoms with Crippen molar-refractivity contribution in [2.75, 3.05) is 37.6 Å². The molecule has 0 aliphatic carbocycles. The van der Waals surface area contributed by atoms with Crippen LogP contribution < -0.4 is 4.90 Å². The van der Waals surface area contributed by atoms with E-state index in [-0.39, 0.29) is 4.92 Å². The van der Waals surface area contributed by atoms with E-state index in [0.717, 1.165) is 26.2 Å². The predicted octanol–water partition coefficient (Wildman–Crippen LogP) is 1.47. The molecule has 1 aliphatic heterocycles. The Morgan fingerprint density at radius 1 is 1.22 bits per heavy atom. The second kappa shape index (κ2) is 5.82. The molecule has 1 aliphatic rings. The van der Waals surface area contributed by atoms with Crippen LogP contribution in [-0.2, 0) is 0 Å². The number of hydrogen-bond donors (Lipinski definition) is 0. The van der Waals surface area contributed by atoms with Crippen molar-refractivity contribution in [3.63, 3.8) is 0 Å². The summed E-state index contributed by atoms with van der Waals surface area (Å²) >= 11 is 0. The molecular weight excluding hydrogens is 230 g/mol. The normalized spacial score (nSPS) is 18.6. The highest BCUT2D eigenvalue weighted by Crippen LogP contribution is 2.15. The summed E-state index contributed by atoms with van der Waals surface area (Å²) in [7, 11) is 0. The van der Waals surface area contributed by atoms with Gasteiger partial charge < -0.3 is 4.90 Å². The van der Waals surface area contributed by atoms with Crippen LogP contribution in [0.4, 0.5) is 5.69 Å². The van der Waals surface area contributed by atoms with E-state index in [0.29, 0.717) is 6.54 Å². The van der Waals surface area contributed by atoms with Crippen molar-refractivity contribution in [1.29, 1.82) is 0 Å². The molecule has 1 atom stereocenters. The molecular formula is C13H19N3O2. The summed E-state index contributed by atoms with van der Waals surface area (Å²) in [6.07, 6.45) is 0. The van der Waals surface area contributed by atoms with Gasteiger partial charge >= 0.3 is 0 Å². The molecule has 1 saturated heterocycles. The summed E-state index contributed by atoms with van der Waals surface area (Å²) in [5, 5.41) is 10.6. The van der Waals surface area contributed by atoms with Crippen molar-refractivity contribution in [3.05, 3.63) is 40.4 Å². The van der Waals surface area contributed by atoms with Crippen LogP contribution in [0.3, 0.4) is 0 Å². The van der Waals surface area contributed by atoms with Crippen molar-refractivity contribution in [1.82, 2.24) is 4.90 Å². The SMILES string of the molecule is CC(CN1CCN(c2ccccc2)CC1)[N+](=O)[O-]. The molecule has 1 aromatic rings. The van der Waals surface area contributed by atoms with Crippen LogP contribution in [0.5, 0.6) is 0 Å². The molecule has 1 fully saturated rings. The van der Waals surface area contributed by atoms with Gasteiger partial charge in [-0.2, -0.15) is 0 Å². The van der Waals surface area contributed by atoms with Gasteiger partial charge in [-0.25, -0.2) is 0 Å². The Labute approximate surface area is 107 Å². The molecule has 0 saturated carbocycles. The lowest BCUT2D eigenvalue weighted by Crippen LogP contribution is -2.49. The smallest absolute Gasteiger partial charge is 0.222 e. The number of anilines is 1. The number of para-hydroxylation sites is 1. The minimum atomic E-state index is -0.478. The first-order valence-electron chi connectivity index (χ1n) is 6.32. The molecule has 1 unspecified atom stereocenters. The molecule has 0 spiro atoms. The van der Waals surface area contributed by atoms with Crippen molar-refractivity contribution in [2.24, 2.45) is 0 Å². The van der Waals surface area contributed by atoms with Gasteiger partial charge in [0.1, 0.15) is 0 Å². The monoisotopic (exact) mass is 249 g/mol. The molecule has 1 aromatic carbocycles. The van der Waals surface area contributed by atoms with Gasteiger partial charge in [0.05, 0.1) is 6.54 Å². The Bertz CT molecular complexity index is 388. The van der Waals surface area contributed by atoms with Gasteiger partial charge in [-0.05, 0) is 12.1 Å². The Morgan fingerprint density at radius 2 is 1.83 bits per heavy atom. The van der Waals surface area contributed by atoms with Crippen LogP contribution in [0.25, 0.3) is 0 Å². The largest absolute Gasteiger partial charge is 0.369 e. The van der Waals surface area contributed by atoms with Gasteiger partial charge in [0.2, 0.25) is 6.04 Å². The molecule has 5 nitrogen and oxygen atoms in total. The second-order valence-electron chi connectivity index (χ2n) is 4.76. The maximum Gasteiger partial charge on any atom is 0.222 e. The van der Waals surface area contributed by atoms with Gasteiger partial charge in [0.15, 0.2) is 0 Å². The third-order valence-corrected chi connectivity index (χ3v) is 3.38. The lowest BCUT2D eigenvalue weighted by molar-refractivity contribution is -0.518. The number of nitro groups is 1. The second-order valence-corrected chi connectivity index (χ2v) is 4.76. The van der Waals surface area contributed by atoms with Crippen molar-refractivity contribution < 1.29 is 4.92 Å². The van der Waals surface area contributed by atoms with E-state index >= 15 is 0 Å². The molecule has 18 heavy (non-hydrogen) atoms. The van der Waals surface area contributed by atoms with E-state index in [1.54, 1.807) is 6.92 Å². The molecule has 0 bridgehead atoms. The number of piperazine rings is 1. The fraction of sp³-hybridized carbons (Fsp3) is 0.538. The zero-order chi connectivity index (χ0) is 13.0. The average Bonchev–Trinajstić information content (AvgIpc) is 2.40. The third-order valence-electron chi connectivity index (χ3n) is 3.38. The summed E-state index contributed by atoms with van der Waals surface area (Å²) < 4.78 is 0. The van der Waals surface area contributed by atoms with Gasteiger partial charge in [-0.3, -0.25) is 15.0 Å². The molecule has 0 aromatic heterocycles. The Kier molecular flexibility index (Phi) is 4.15. The maximum absolute atomic E-state index is 10.6. The Hall–Kier alpha value is -1.62. The van der Waals surface area contributed by atoms with E-state index in [2.05, 4.69) is 21.9 Å².